The lowest BCUT2D eigenvalue weighted by Crippen LogP contribution is -2.47. The van der Waals surface area contributed by atoms with Crippen molar-refractivity contribution in [2.75, 3.05) is 33.6 Å². The van der Waals surface area contributed by atoms with Gasteiger partial charge in [-0.25, -0.2) is 0 Å². The zero-order valence-electron chi connectivity index (χ0n) is 26.9. The van der Waals surface area contributed by atoms with E-state index < -0.39 is 29.6 Å². The van der Waals surface area contributed by atoms with Crippen LogP contribution in [0.3, 0.4) is 0 Å². The van der Waals surface area contributed by atoms with Crippen molar-refractivity contribution >= 4 is 11.9 Å². The topological polar surface area (TPSA) is 104 Å². The van der Waals surface area contributed by atoms with Gasteiger partial charge >= 0.3 is 11.9 Å². The van der Waals surface area contributed by atoms with E-state index in [0.717, 1.165) is 49.2 Å². The van der Waals surface area contributed by atoms with Crippen LogP contribution >= 0.6 is 0 Å². The third-order valence-electron chi connectivity index (χ3n) is 8.57. The Kier molecular flexibility index (Phi) is 11.9. The van der Waals surface area contributed by atoms with E-state index in [-0.39, 0.29) is 31.8 Å². The molecule has 1 aromatic carbocycles. The van der Waals surface area contributed by atoms with Crippen LogP contribution in [-0.2, 0) is 30.2 Å². The van der Waals surface area contributed by atoms with E-state index in [9.17, 15) is 14.7 Å². The highest BCUT2D eigenvalue weighted by Crippen LogP contribution is 2.46. The lowest BCUT2D eigenvalue weighted by atomic mass is 9.78. The van der Waals surface area contributed by atoms with Gasteiger partial charge in [-0.15, -0.1) is 0 Å². The zero-order chi connectivity index (χ0) is 31.7. The van der Waals surface area contributed by atoms with E-state index in [4.69, 9.17) is 23.7 Å². The molecule has 2 heterocycles. The summed E-state index contributed by atoms with van der Waals surface area (Å²) in [6.07, 6.45) is 12.6. The number of nitrogens with zero attached hydrogens (tertiary/aromatic N) is 1. The number of fused-ring (bicyclic) bond motifs is 4. The lowest BCUT2D eigenvalue weighted by Gasteiger charge is -2.42. The first-order valence-corrected chi connectivity index (χ1v) is 15.9. The first kappa shape index (κ1) is 33.6. The molecular formula is C35H49NO8. The quantitative estimate of drug-likeness (QED) is 0.213. The predicted molar refractivity (Wildman–Crippen MR) is 167 cm³/mol. The average molecular weight is 612 g/mol. The highest BCUT2D eigenvalue weighted by molar-refractivity contribution is 5.80. The highest BCUT2D eigenvalue weighted by Gasteiger charge is 2.45. The van der Waals surface area contributed by atoms with Crippen LogP contribution in [0.25, 0.3) is 0 Å². The second kappa shape index (κ2) is 15.6. The van der Waals surface area contributed by atoms with E-state index in [1.165, 1.54) is 0 Å². The van der Waals surface area contributed by atoms with Gasteiger partial charge in [0.15, 0.2) is 17.6 Å². The fourth-order valence-corrected chi connectivity index (χ4v) is 6.43. The standard InChI is InChI=1S/C35H49NO8/c1-6-8-9-10-19-41-31(37)21-25(12-11-16-35(3,4)39)34(38)44-33-28(40-5)14-13-27-32(33)26-22-30-29(42-23-43-30)20-24(26)15-18-36(27)17-7-2/h6,8-10,14,20,22,25,27,32-33,39H,7,11-13,15-19,21,23H2,1-5H3/b8-6+,10-9+/t25?,27?,32-,33?/m0/s1. The summed E-state index contributed by atoms with van der Waals surface area (Å²) >= 11 is 0. The van der Waals surface area contributed by atoms with Crippen molar-refractivity contribution in [1.29, 1.82) is 0 Å². The number of hydrogen-bond acceptors (Lipinski definition) is 9. The van der Waals surface area contributed by atoms with Gasteiger partial charge in [0.05, 0.1) is 25.0 Å². The molecule has 2 aliphatic heterocycles. The Bertz CT molecular complexity index is 1230. The minimum Gasteiger partial charge on any atom is -0.497 e. The van der Waals surface area contributed by atoms with Crippen molar-refractivity contribution < 1.29 is 38.4 Å². The molecule has 9 heteroatoms. The molecule has 44 heavy (non-hydrogen) atoms. The monoisotopic (exact) mass is 611 g/mol. The maximum absolute atomic E-state index is 14.0. The smallest absolute Gasteiger partial charge is 0.310 e. The molecule has 1 N–H and O–H groups in total. The molecule has 1 aliphatic carbocycles. The van der Waals surface area contributed by atoms with Crippen molar-refractivity contribution in [3.05, 3.63) is 59.4 Å². The summed E-state index contributed by atoms with van der Waals surface area (Å²) in [5, 5.41) is 10.3. The Hall–Kier alpha value is -3.30. The fourth-order valence-electron chi connectivity index (χ4n) is 6.43. The summed E-state index contributed by atoms with van der Waals surface area (Å²) in [6, 6.07) is 4.20. The molecule has 0 bridgehead atoms. The summed E-state index contributed by atoms with van der Waals surface area (Å²) in [4.78, 5) is 29.3. The Balaban J connectivity index is 1.62. The van der Waals surface area contributed by atoms with E-state index in [1.54, 1.807) is 33.1 Å². The molecule has 0 amide bonds. The van der Waals surface area contributed by atoms with Crippen molar-refractivity contribution in [2.45, 2.75) is 96.3 Å². The molecule has 4 atom stereocenters. The van der Waals surface area contributed by atoms with E-state index >= 15 is 0 Å². The number of methoxy groups -OCH3 is 1. The van der Waals surface area contributed by atoms with Crippen LogP contribution in [0.4, 0.5) is 0 Å². The van der Waals surface area contributed by atoms with Crippen molar-refractivity contribution in [3.8, 4) is 11.5 Å². The third-order valence-corrected chi connectivity index (χ3v) is 8.57. The SMILES string of the molecule is C/C=C/C=C/COC(=O)CC(CCCC(C)(C)O)C(=O)OC1C(OC)=CCC2[C@@H]1c1cc3c(cc1CCN2CCC)OCO3. The summed E-state index contributed by atoms with van der Waals surface area (Å²) in [6.45, 7) is 9.66. The number of carbonyl (C=O) groups is 2. The molecule has 242 valence electrons. The molecular weight excluding hydrogens is 562 g/mol. The largest absolute Gasteiger partial charge is 0.497 e. The lowest BCUT2D eigenvalue weighted by molar-refractivity contribution is -0.161. The third kappa shape index (κ3) is 8.66. The van der Waals surface area contributed by atoms with Crippen molar-refractivity contribution in [3.63, 3.8) is 0 Å². The number of hydrogen-bond donors (Lipinski definition) is 1. The number of carbonyl (C=O) groups excluding carboxylic acids is 2. The summed E-state index contributed by atoms with van der Waals surface area (Å²) in [5.74, 6) is 0.182. The summed E-state index contributed by atoms with van der Waals surface area (Å²) in [7, 11) is 1.60. The number of aliphatic hydroxyl groups is 1. The minimum absolute atomic E-state index is 0.0934. The zero-order valence-corrected chi connectivity index (χ0v) is 26.9. The van der Waals surface area contributed by atoms with Crippen LogP contribution in [0.15, 0.2) is 48.3 Å². The molecule has 9 nitrogen and oxygen atoms in total. The van der Waals surface area contributed by atoms with Gasteiger partial charge in [0.25, 0.3) is 0 Å². The molecule has 3 aliphatic rings. The molecule has 0 saturated heterocycles. The first-order chi connectivity index (χ1) is 21.1. The van der Waals surface area contributed by atoms with Crippen molar-refractivity contribution in [1.82, 2.24) is 4.90 Å². The number of allylic oxidation sites excluding steroid dienone is 3. The van der Waals surface area contributed by atoms with E-state index in [0.29, 0.717) is 30.8 Å². The Labute approximate surface area is 261 Å². The van der Waals surface area contributed by atoms with Crippen LogP contribution < -0.4 is 9.47 Å². The first-order valence-electron chi connectivity index (χ1n) is 15.9. The van der Waals surface area contributed by atoms with Crippen LogP contribution in [0.1, 0.15) is 83.3 Å². The van der Waals surface area contributed by atoms with Gasteiger partial charge in [-0.2, -0.15) is 0 Å². The Morgan fingerprint density at radius 3 is 2.68 bits per heavy atom. The van der Waals surface area contributed by atoms with E-state index in [1.807, 2.05) is 31.2 Å². The Morgan fingerprint density at radius 1 is 1.20 bits per heavy atom. The molecule has 0 radical (unpaired) electrons. The summed E-state index contributed by atoms with van der Waals surface area (Å²) < 4.78 is 29.1. The maximum atomic E-state index is 14.0. The van der Waals surface area contributed by atoms with Gasteiger partial charge in [0.2, 0.25) is 6.79 Å². The number of ether oxygens (including phenoxy) is 5. The van der Waals surface area contributed by atoms with Crippen LogP contribution in [0, 0.1) is 5.92 Å². The van der Waals surface area contributed by atoms with Gasteiger partial charge in [-0.1, -0.05) is 25.2 Å². The summed E-state index contributed by atoms with van der Waals surface area (Å²) in [5.41, 5.74) is 1.34. The minimum atomic E-state index is -0.881. The molecule has 4 rings (SSSR count). The van der Waals surface area contributed by atoms with Gasteiger partial charge in [0, 0.05) is 18.5 Å². The highest BCUT2D eigenvalue weighted by atomic mass is 16.7. The molecule has 0 fully saturated rings. The second-order valence-electron chi connectivity index (χ2n) is 12.4. The molecule has 0 saturated carbocycles. The molecule has 3 unspecified atom stereocenters. The van der Waals surface area contributed by atoms with Gasteiger partial charge in [-0.05, 0) is 101 Å². The van der Waals surface area contributed by atoms with Gasteiger partial charge in [0.1, 0.15) is 12.4 Å². The maximum Gasteiger partial charge on any atom is 0.310 e. The number of rotatable bonds is 14. The fraction of sp³-hybridized carbons (Fsp3) is 0.600. The van der Waals surface area contributed by atoms with Crippen LogP contribution in [0.5, 0.6) is 11.5 Å². The van der Waals surface area contributed by atoms with Crippen LogP contribution in [-0.4, -0.2) is 73.3 Å². The van der Waals surface area contributed by atoms with Crippen LogP contribution in [0.2, 0.25) is 0 Å². The normalized spacial score (nSPS) is 22.2. The number of esters is 2. The Morgan fingerprint density at radius 2 is 1.98 bits per heavy atom. The molecule has 0 spiro atoms. The second-order valence-corrected chi connectivity index (χ2v) is 12.4. The van der Waals surface area contributed by atoms with Gasteiger partial charge in [-0.3, -0.25) is 14.5 Å². The van der Waals surface area contributed by atoms with Crippen molar-refractivity contribution in [2.24, 2.45) is 5.92 Å². The van der Waals surface area contributed by atoms with Gasteiger partial charge < -0.3 is 28.8 Å². The molecule has 0 aromatic heterocycles. The molecule has 1 aromatic rings. The number of benzene rings is 1. The average Bonchev–Trinajstić information content (AvgIpc) is 3.38. The van der Waals surface area contributed by atoms with E-state index in [2.05, 4.69) is 17.9 Å². The predicted octanol–water partition coefficient (Wildman–Crippen LogP) is 5.60.